The number of hydrogen-bond acceptors (Lipinski definition) is 2. The predicted octanol–water partition coefficient (Wildman–Crippen LogP) is 2.61. The Morgan fingerprint density at radius 2 is 1.58 bits per heavy atom. The van der Waals surface area contributed by atoms with Crippen LogP contribution in [0.5, 0.6) is 0 Å². The van der Waals surface area contributed by atoms with Gasteiger partial charge in [-0.2, -0.15) is 9.05 Å². The van der Waals surface area contributed by atoms with E-state index in [-0.39, 0.29) is 0 Å². The molecule has 0 fully saturated rings. The van der Waals surface area contributed by atoms with E-state index in [4.69, 9.17) is 20.3 Å². The highest BCUT2D eigenvalue weighted by atomic mass is 35.7. The maximum absolute atomic E-state index is 6.10. The van der Waals surface area contributed by atoms with Crippen LogP contribution < -0.4 is 5.30 Å². The minimum atomic E-state index is -2.31. The summed E-state index contributed by atoms with van der Waals surface area (Å²) in [5, 5.41) is 0.900. The highest BCUT2D eigenvalue weighted by Crippen LogP contribution is 2.63. The lowest BCUT2D eigenvalue weighted by Gasteiger charge is -2.10. The molecule has 0 radical (unpaired) electrons. The van der Waals surface area contributed by atoms with E-state index < -0.39 is 7.07 Å². The zero-order chi connectivity index (χ0) is 9.03. The largest absolute Gasteiger partial charge is 0.405 e. The zero-order valence-corrected chi connectivity index (χ0v) is 8.68. The molecule has 1 rings (SSSR count). The van der Waals surface area contributed by atoms with Gasteiger partial charge in [0.2, 0.25) is 0 Å². The van der Waals surface area contributed by atoms with Crippen molar-refractivity contribution < 1.29 is 9.05 Å². The molecule has 0 heterocycles. The van der Waals surface area contributed by atoms with Crippen molar-refractivity contribution in [2.45, 2.75) is 0 Å². The topological polar surface area (TPSA) is 18.5 Å². The van der Waals surface area contributed by atoms with Crippen LogP contribution in [0.15, 0.2) is 30.3 Å². The Kier molecular flexibility index (Phi) is 3.48. The van der Waals surface area contributed by atoms with Crippen molar-refractivity contribution in [3.63, 3.8) is 0 Å². The second kappa shape index (κ2) is 4.20. The van der Waals surface area contributed by atoms with E-state index in [0.29, 0.717) is 0 Å². The molecule has 0 N–H and O–H groups in total. The summed E-state index contributed by atoms with van der Waals surface area (Å²) in [6.45, 7) is 0. The highest BCUT2D eigenvalue weighted by Gasteiger charge is 2.41. The van der Waals surface area contributed by atoms with Gasteiger partial charge in [0.15, 0.2) is 16.5 Å². The minimum Gasteiger partial charge on any atom is -0.187 e. The summed E-state index contributed by atoms with van der Waals surface area (Å²) in [5.74, 6) is 0. The number of benzene rings is 1. The molecule has 1 aromatic carbocycles. The Hall–Kier alpha value is -0.140. The molecule has 0 saturated carbocycles. The third-order valence-electron chi connectivity index (χ3n) is 1.53. The molecule has 0 aliphatic carbocycles. The Balaban J connectivity index is 2.95. The summed E-state index contributed by atoms with van der Waals surface area (Å²) in [6.07, 6.45) is 0. The van der Waals surface area contributed by atoms with Gasteiger partial charge in [-0.15, -0.1) is 0 Å². The first-order valence-corrected chi connectivity index (χ1v) is 6.01. The quantitative estimate of drug-likeness (QED) is 0.707. The van der Waals surface area contributed by atoms with Gasteiger partial charge in [0, 0.05) is 0 Å². The van der Waals surface area contributed by atoms with Crippen LogP contribution in [-0.4, -0.2) is 14.2 Å². The maximum atomic E-state index is 6.10. The third kappa shape index (κ3) is 1.96. The Labute approximate surface area is 77.7 Å². The van der Waals surface area contributed by atoms with Gasteiger partial charge in [-0.25, -0.2) is 0 Å². The molecule has 0 atom stereocenters. The molecule has 4 heteroatoms. The van der Waals surface area contributed by atoms with Crippen LogP contribution in [-0.2, 0) is 9.05 Å². The highest BCUT2D eigenvalue weighted by molar-refractivity contribution is 7.97. The SMILES string of the molecule is CO[P+](Cl)(OC)c1ccccc1. The molecule has 0 aliphatic heterocycles. The van der Waals surface area contributed by atoms with Crippen molar-refractivity contribution in [1.29, 1.82) is 0 Å². The Morgan fingerprint density at radius 1 is 1.08 bits per heavy atom. The van der Waals surface area contributed by atoms with Crippen LogP contribution >= 0.6 is 18.3 Å². The van der Waals surface area contributed by atoms with Crippen molar-refractivity contribution in [2.24, 2.45) is 0 Å². The van der Waals surface area contributed by atoms with E-state index in [2.05, 4.69) is 0 Å². The Morgan fingerprint density at radius 3 is 2.00 bits per heavy atom. The summed E-state index contributed by atoms with van der Waals surface area (Å²) < 4.78 is 10.3. The summed E-state index contributed by atoms with van der Waals surface area (Å²) in [5.41, 5.74) is 0. The van der Waals surface area contributed by atoms with E-state index in [9.17, 15) is 0 Å². The molecular weight excluding hydrogens is 195 g/mol. The van der Waals surface area contributed by atoms with E-state index in [1.807, 2.05) is 30.3 Å². The van der Waals surface area contributed by atoms with Gasteiger partial charge < -0.3 is 0 Å². The van der Waals surface area contributed by atoms with Crippen molar-refractivity contribution >= 4 is 23.6 Å². The number of hydrogen-bond donors (Lipinski definition) is 0. The molecule has 0 spiro atoms. The van der Waals surface area contributed by atoms with Crippen LogP contribution in [0.3, 0.4) is 0 Å². The molecule has 0 aromatic heterocycles. The lowest BCUT2D eigenvalue weighted by Crippen LogP contribution is -2.08. The van der Waals surface area contributed by atoms with Gasteiger partial charge in [0.1, 0.15) is 0 Å². The van der Waals surface area contributed by atoms with Crippen molar-refractivity contribution in [1.82, 2.24) is 0 Å². The van der Waals surface area contributed by atoms with Crippen molar-refractivity contribution in [2.75, 3.05) is 14.2 Å². The van der Waals surface area contributed by atoms with E-state index in [0.717, 1.165) is 5.30 Å². The monoisotopic (exact) mass is 205 g/mol. The van der Waals surface area contributed by atoms with Crippen molar-refractivity contribution in [3.8, 4) is 0 Å². The molecule has 1 aromatic rings. The molecule has 0 bridgehead atoms. The van der Waals surface area contributed by atoms with Crippen LogP contribution in [0.2, 0.25) is 0 Å². The molecule has 2 nitrogen and oxygen atoms in total. The maximum Gasteiger partial charge on any atom is 0.405 e. The first-order valence-electron chi connectivity index (χ1n) is 3.48. The molecule has 0 unspecified atom stereocenters. The van der Waals surface area contributed by atoms with Crippen LogP contribution in [0.1, 0.15) is 0 Å². The number of rotatable bonds is 3. The molecule has 66 valence electrons. The van der Waals surface area contributed by atoms with Gasteiger partial charge >= 0.3 is 7.07 Å². The first kappa shape index (κ1) is 9.94. The van der Waals surface area contributed by atoms with Gasteiger partial charge in [0.05, 0.1) is 14.2 Å². The fourth-order valence-electron chi connectivity index (χ4n) is 0.891. The third-order valence-corrected chi connectivity index (χ3v) is 4.80. The minimum absolute atomic E-state index is 0.900. The summed E-state index contributed by atoms with van der Waals surface area (Å²) in [7, 11) is 0.794. The summed E-state index contributed by atoms with van der Waals surface area (Å²) in [6, 6.07) is 9.53. The first-order chi connectivity index (χ1) is 5.73. The van der Waals surface area contributed by atoms with Gasteiger partial charge in [-0.3, -0.25) is 0 Å². The summed E-state index contributed by atoms with van der Waals surface area (Å²) in [4.78, 5) is 0. The lowest BCUT2D eigenvalue weighted by molar-refractivity contribution is 0.342. The molecule has 0 saturated heterocycles. The average molecular weight is 206 g/mol. The molecular formula is C8H11ClO2P+. The molecule has 0 aliphatic rings. The van der Waals surface area contributed by atoms with Crippen molar-refractivity contribution in [3.05, 3.63) is 30.3 Å². The lowest BCUT2D eigenvalue weighted by atomic mass is 10.4. The van der Waals surface area contributed by atoms with Crippen LogP contribution in [0, 0.1) is 0 Å². The summed E-state index contributed by atoms with van der Waals surface area (Å²) >= 11 is 6.10. The second-order valence-electron chi connectivity index (χ2n) is 2.18. The van der Waals surface area contributed by atoms with E-state index in [1.54, 1.807) is 14.2 Å². The van der Waals surface area contributed by atoms with Gasteiger partial charge in [0.25, 0.3) is 0 Å². The molecule has 0 amide bonds. The zero-order valence-electron chi connectivity index (χ0n) is 7.03. The average Bonchev–Trinajstić information content (AvgIpc) is 2.18. The smallest absolute Gasteiger partial charge is 0.187 e. The van der Waals surface area contributed by atoms with Gasteiger partial charge in [-0.1, -0.05) is 18.2 Å². The Bertz CT molecular complexity index is 236. The standard InChI is InChI=1S/C8H11ClO2P/c1-10-12(9,11-2)8-6-4-3-5-7-8/h3-7H,1-2H3/q+1. The van der Waals surface area contributed by atoms with E-state index >= 15 is 0 Å². The predicted molar refractivity (Wildman–Crippen MR) is 52.9 cm³/mol. The molecule has 12 heavy (non-hydrogen) atoms. The number of halogens is 1. The fourth-order valence-corrected chi connectivity index (χ4v) is 2.33. The normalized spacial score (nSPS) is 11.6. The van der Waals surface area contributed by atoms with E-state index in [1.165, 1.54) is 0 Å². The fraction of sp³-hybridized carbons (Fsp3) is 0.250. The second-order valence-corrected chi connectivity index (χ2v) is 5.72. The van der Waals surface area contributed by atoms with Gasteiger partial charge in [-0.05, 0) is 12.1 Å². The van der Waals surface area contributed by atoms with Crippen LogP contribution in [0.25, 0.3) is 0 Å². The van der Waals surface area contributed by atoms with Crippen LogP contribution in [0.4, 0.5) is 0 Å².